The van der Waals surface area contributed by atoms with E-state index in [1.54, 1.807) is 0 Å². The first-order valence-electron chi connectivity index (χ1n) is 4.89. The summed E-state index contributed by atoms with van der Waals surface area (Å²) in [4.78, 5) is 0. The monoisotopic (exact) mass is 177 g/mol. The second-order valence-electron chi connectivity index (χ2n) is 4.18. The summed E-state index contributed by atoms with van der Waals surface area (Å²) >= 11 is 0. The van der Waals surface area contributed by atoms with Gasteiger partial charge in [-0.1, -0.05) is 25.1 Å². The standard InChI is InChI=1S/C12H19N/c1-5-12(3,4)13-11-9-7-6-8-10(11)2/h6-9,13H,5H2,1-4H3. The van der Waals surface area contributed by atoms with E-state index in [1.165, 1.54) is 11.3 Å². The Morgan fingerprint density at radius 3 is 2.38 bits per heavy atom. The number of rotatable bonds is 3. The molecule has 1 rings (SSSR count). The van der Waals surface area contributed by atoms with Gasteiger partial charge in [0.25, 0.3) is 0 Å². The molecule has 1 aromatic rings. The Labute approximate surface area is 81.2 Å². The first-order valence-corrected chi connectivity index (χ1v) is 4.89. The van der Waals surface area contributed by atoms with E-state index in [0.717, 1.165) is 6.42 Å². The highest BCUT2D eigenvalue weighted by Gasteiger charge is 2.14. The predicted molar refractivity (Wildman–Crippen MR) is 59.2 cm³/mol. The van der Waals surface area contributed by atoms with Crippen LogP contribution < -0.4 is 5.32 Å². The Morgan fingerprint density at radius 2 is 1.85 bits per heavy atom. The third kappa shape index (κ3) is 2.76. The van der Waals surface area contributed by atoms with Gasteiger partial charge in [-0.3, -0.25) is 0 Å². The maximum atomic E-state index is 3.54. The summed E-state index contributed by atoms with van der Waals surface area (Å²) in [6.07, 6.45) is 1.13. The molecule has 0 amide bonds. The van der Waals surface area contributed by atoms with Crippen LogP contribution in [0, 0.1) is 6.92 Å². The second-order valence-corrected chi connectivity index (χ2v) is 4.18. The number of anilines is 1. The summed E-state index contributed by atoms with van der Waals surface area (Å²) in [6.45, 7) is 8.78. The number of hydrogen-bond acceptors (Lipinski definition) is 1. The molecule has 1 heteroatoms. The van der Waals surface area contributed by atoms with Crippen LogP contribution in [0.25, 0.3) is 0 Å². The fourth-order valence-corrected chi connectivity index (χ4v) is 1.17. The van der Waals surface area contributed by atoms with Crippen LogP contribution in [0.3, 0.4) is 0 Å². The van der Waals surface area contributed by atoms with Crippen molar-refractivity contribution in [2.24, 2.45) is 0 Å². The average molecular weight is 177 g/mol. The summed E-state index contributed by atoms with van der Waals surface area (Å²) in [5.74, 6) is 0. The Hall–Kier alpha value is -0.980. The zero-order valence-corrected chi connectivity index (χ0v) is 9.02. The summed E-state index contributed by atoms with van der Waals surface area (Å²) < 4.78 is 0. The average Bonchev–Trinajstić information content (AvgIpc) is 2.09. The number of nitrogens with one attached hydrogen (secondary N) is 1. The lowest BCUT2D eigenvalue weighted by atomic mass is 10.0. The van der Waals surface area contributed by atoms with Crippen molar-refractivity contribution >= 4 is 5.69 Å². The number of aryl methyl sites for hydroxylation is 1. The summed E-state index contributed by atoms with van der Waals surface area (Å²) in [6, 6.07) is 8.40. The van der Waals surface area contributed by atoms with Gasteiger partial charge in [-0.15, -0.1) is 0 Å². The van der Waals surface area contributed by atoms with Crippen LogP contribution >= 0.6 is 0 Å². The lowest BCUT2D eigenvalue weighted by Gasteiger charge is -2.26. The van der Waals surface area contributed by atoms with Crippen molar-refractivity contribution in [1.29, 1.82) is 0 Å². The molecule has 72 valence electrons. The molecule has 0 heterocycles. The molecule has 0 aromatic heterocycles. The van der Waals surface area contributed by atoms with Gasteiger partial charge in [0.05, 0.1) is 0 Å². The van der Waals surface area contributed by atoms with E-state index >= 15 is 0 Å². The van der Waals surface area contributed by atoms with Gasteiger partial charge in [-0.2, -0.15) is 0 Å². The Morgan fingerprint density at radius 1 is 1.23 bits per heavy atom. The molecule has 0 aliphatic rings. The zero-order chi connectivity index (χ0) is 9.90. The molecule has 1 aromatic carbocycles. The van der Waals surface area contributed by atoms with Gasteiger partial charge >= 0.3 is 0 Å². The second kappa shape index (κ2) is 3.82. The number of hydrogen-bond donors (Lipinski definition) is 1. The molecule has 0 bridgehead atoms. The van der Waals surface area contributed by atoms with Gasteiger partial charge in [0.15, 0.2) is 0 Å². The van der Waals surface area contributed by atoms with E-state index in [-0.39, 0.29) is 5.54 Å². The molecular weight excluding hydrogens is 158 g/mol. The van der Waals surface area contributed by atoms with Crippen molar-refractivity contribution in [3.05, 3.63) is 29.8 Å². The van der Waals surface area contributed by atoms with Crippen molar-refractivity contribution < 1.29 is 0 Å². The van der Waals surface area contributed by atoms with Crippen molar-refractivity contribution in [2.75, 3.05) is 5.32 Å². The van der Waals surface area contributed by atoms with E-state index in [1.807, 2.05) is 0 Å². The molecule has 13 heavy (non-hydrogen) atoms. The van der Waals surface area contributed by atoms with E-state index in [9.17, 15) is 0 Å². The zero-order valence-electron chi connectivity index (χ0n) is 9.02. The summed E-state index contributed by atoms with van der Waals surface area (Å²) in [7, 11) is 0. The maximum Gasteiger partial charge on any atom is 0.0373 e. The fourth-order valence-electron chi connectivity index (χ4n) is 1.17. The molecular formula is C12H19N. The van der Waals surface area contributed by atoms with Crippen molar-refractivity contribution in [1.82, 2.24) is 0 Å². The van der Waals surface area contributed by atoms with Crippen LogP contribution in [0.4, 0.5) is 5.69 Å². The lowest BCUT2D eigenvalue weighted by Crippen LogP contribution is -2.29. The van der Waals surface area contributed by atoms with Crippen LogP contribution in [0.15, 0.2) is 24.3 Å². The molecule has 0 aliphatic heterocycles. The van der Waals surface area contributed by atoms with Gasteiger partial charge in [-0.25, -0.2) is 0 Å². The SMILES string of the molecule is CCC(C)(C)Nc1ccccc1C. The molecule has 1 nitrogen and oxygen atoms in total. The molecule has 0 atom stereocenters. The molecule has 0 saturated carbocycles. The van der Waals surface area contributed by atoms with Crippen molar-refractivity contribution in [3.63, 3.8) is 0 Å². The van der Waals surface area contributed by atoms with Crippen molar-refractivity contribution in [2.45, 2.75) is 39.7 Å². The van der Waals surface area contributed by atoms with Crippen LogP contribution in [-0.4, -0.2) is 5.54 Å². The minimum Gasteiger partial charge on any atom is -0.380 e. The lowest BCUT2D eigenvalue weighted by molar-refractivity contribution is 0.547. The van der Waals surface area contributed by atoms with Gasteiger partial charge in [0, 0.05) is 11.2 Å². The number of para-hydroxylation sites is 1. The molecule has 0 fully saturated rings. The highest BCUT2D eigenvalue weighted by molar-refractivity contribution is 5.51. The predicted octanol–water partition coefficient (Wildman–Crippen LogP) is 3.60. The summed E-state index contributed by atoms with van der Waals surface area (Å²) in [5, 5.41) is 3.54. The van der Waals surface area contributed by atoms with Crippen LogP contribution in [0.5, 0.6) is 0 Å². The molecule has 0 spiro atoms. The van der Waals surface area contributed by atoms with Crippen LogP contribution in [0.2, 0.25) is 0 Å². The largest absolute Gasteiger partial charge is 0.380 e. The van der Waals surface area contributed by atoms with E-state index < -0.39 is 0 Å². The Bertz CT molecular complexity index is 276. The number of benzene rings is 1. The Kier molecular flexibility index (Phi) is 2.97. The fraction of sp³-hybridized carbons (Fsp3) is 0.500. The third-order valence-electron chi connectivity index (χ3n) is 2.50. The van der Waals surface area contributed by atoms with Crippen LogP contribution in [0.1, 0.15) is 32.8 Å². The van der Waals surface area contributed by atoms with Gasteiger partial charge in [0.2, 0.25) is 0 Å². The van der Waals surface area contributed by atoms with Gasteiger partial charge < -0.3 is 5.32 Å². The molecule has 0 radical (unpaired) electrons. The first kappa shape index (κ1) is 10.1. The minimum absolute atomic E-state index is 0.187. The quantitative estimate of drug-likeness (QED) is 0.744. The van der Waals surface area contributed by atoms with Gasteiger partial charge in [0.1, 0.15) is 0 Å². The highest BCUT2D eigenvalue weighted by Crippen LogP contribution is 2.20. The normalized spacial score (nSPS) is 11.4. The molecule has 1 N–H and O–H groups in total. The first-order chi connectivity index (χ1) is 6.05. The topological polar surface area (TPSA) is 12.0 Å². The van der Waals surface area contributed by atoms with Crippen molar-refractivity contribution in [3.8, 4) is 0 Å². The van der Waals surface area contributed by atoms with E-state index in [0.29, 0.717) is 0 Å². The Balaban J connectivity index is 2.80. The van der Waals surface area contributed by atoms with Crippen LogP contribution in [-0.2, 0) is 0 Å². The van der Waals surface area contributed by atoms with E-state index in [4.69, 9.17) is 0 Å². The maximum absolute atomic E-state index is 3.54. The molecule has 0 saturated heterocycles. The molecule has 0 unspecified atom stereocenters. The smallest absolute Gasteiger partial charge is 0.0373 e. The summed E-state index contributed by atoms with van der Waals surface area (Å²) in [5.41, 5.74) is 2.74. The van der Waals surface area contributed by atoms with Gasteiger partial charge in [-0.05, 0) is 38.8 Å². The highest BCUT2D eigenvalue weighted by atomic mass is 15.0. The molecule has 0 aliphatic carbocycles. The minimum atomic E-state index is 0.187. The third-order valence-corrected chi connectivity index (χ3v) is 2.50. The van der Waals surface area contributed by atoms with E-state index in [2.05, 4.69) is 57.3 Å².